The molecule has 0 saturated carbocycles. The van der Waals surface area contributed by atoms with Crippen LogP contribution in [0.25, 0.3) is 0 Å². The molecule has 6 heteroatoms. The molecule has 1 atom stereocenters. The van der Waals surface area contributed by atoms with Gasteiger partial charge in [0.25, 0.3) is 0 Å². The predicted octanol–water partition coefficient (Wildman–Crippen LogP) is 18.3. The van der Waals surface area contributed by atoms with Crippen LogP contribution in [-0.2, 0) is 28.6 Å². The molecular formula is C58H104O6. The van der Waals surface area contributed by atoms with Crippen LogP contribution < -0.4 is 0 Å². The molecule has 0 amide bonds. The summed E-state index contributed by atoms with van der Waals surface area (Å²) in [7, 11) is 0. The monoisotopic (exact) mass is 897 g/mol. The first kappa shape index (κ1) is 61.4. The van der Waals surface area contributed by atoms with Crippen LogP contribution in [0.4, 0.5) is 0 Å². The van der Waals surface area contributed by atoms with Gasteiger partial charge in [-0.2, -0.15) is 0 Å². The van der Waals surface area contributed by atoms with Crippen LogP contribution in [0, 0.1) is 0 Å². The van der Waals surface area contributed by atoms with Crippen LogP contribution in [0.5, 0.6) is 0 Å². The molecule has 0 heterocycles. The van der Waals surface area contributed by atoms with E-state index in [-0.39, 0.29) is 37.5 Å². The van der Waals surface area contributed by atoms with Gasteiger partial charge in [-0.1, -0.05) is 268 Å². The maximum atomic E-state index is 12.8. The van der Waals surface area contributed by atoms with Crippen LogP contribution >= 0.6 is 0 Å². The van der Waals surface area contributed by atoms with Gasteiger partial charge in [-0.05, 0) is 44.9 Å². The van der Waals surface area contributed by atoms with Crippen LogP contribution in [0.2, 0.25) is 0 Å². The number of carbonyl (C=O) groups excluding carboxylic acids is 3. The molecule has 0 saturated heterocycles. The van der Waals surface area contributed by atoms with E-state index in [4.69, 9.17) is 14.2 Å². The van der Waals surface area contributed by atoms with Gasteiger partial charge in [-0.3, -0.25) is 14.4 Å². The second kappa shape index (κ2) is 53.0. The molecule has 0 spiro atoms. The summed E-state index contributed by atoms with van der Waals surface area (Å²) in [4.78, 5) is 38.0. The van der Waals surface area contributed by atoms with Crippen molar-refractivity contribution in [3.8, 4) is 0 Å². The van der Waals surface area contributed by atoms with Gasteiger partial charge in [0.2, 0.25) is 0 Å². The van der Waals surface area contributed by atoms with E-state index >= 15 is 0 Å². The highest BCUT2D eigenvalue weighted by Gasteiger charge is 2.19. The summed E-state index contributed by atoms with van der Waals surface area (Å²) in [6.07, 6.45) is 64.0. The Kier molecular flexibility index (Phi) is 50.8. The van der Waals surface area contributed by atoms with Crippen LogP contribution in [0.3, 0.4) is 0 Å². The Balaban J connectivity index is 4.36. The number of hydrogen-bond acceptors (Lipinski definition) is 6. The summed E-state index contributed by atoms with van der Waals surface area (Å²) in [6, 6.07) is 0. The van der Waals surface area contributed by atoms with Gasteiger partial charge in [0.05, 0.1) is 0 Å². The summed E-state index contributed by atoms with van der Waals surface area (Å²) < 4.78 is 16.8. The lowest BCUT2D eigenvalue weighted by molar-refractivity contribution is -0.166. The molecule has 0 aliphatic heterocycles. The van der Waals surface area contributed by atoms with Gasteiger partial charge in [-0.25, -0.2) is 0 Å². The third-order valence-corrected chi connectivity index (χ3v) is 12.1. The van der Waals surface area contributed by atoms with Crippen LogP contribution in [-0.4, -0.2) is 37.2 Å². The summed E-state index contributed by atoms with van der Waals surface area (Å²) in [5.74, 6) is -0.962. The third kappa shape index (κ3) is 50.4. The van der Waals surface area contributed by atoms with Crippen molar-refractivity contribution in [2.45, 2.75) is 290 Å². The predicted molar refractivity (Wildman–Crippen MR) is 275 cm³/mol. The number of hydrogen-bond donors (Lipinski definition) is 0. The zero-order valence-electron chi connectivity index (χ0n) is 42.6. The fourth-order valence-electron chi connectivity index (χ4n) is 7.99. The smallest absolute Gasteiger partial charge is 0.306 e. The second-order valence-corrected chi connectivity index (χ2v) is 18.5. The molecule has 64 heavy (non-hydrogen) atoms. The largest absolute Gasteiger partial charge is 0.462 e. The van der Waals surface area contributed by atoms with Crippen molar-refractivity contribution in [2.24, 2.45) is 0 Å². The van der Waals surface area contributed by atoms with Crippen molar-refractivity contribution in [2.75, 3.05) is 13.2 Å². The molecule has 0 aliphatic rings. The quantitative estimate of drug-likeness (QED) is 0.0262. The minimum Gasteiger partial charge on any atom is -0.462 e. The normalized spacial score (nSPS) is 12.4. The first-order valence-electron chi connectivity index (χ1n) is 27.6. The highest BCUT2D eigenvalue weighted by atomic mass is 16.6. The highest BCUT2D eigenvalue weighted by Crippen LogP contribution is 2.17. The van der Waals surface area contributed by atoms with Crippen molar-refractivity contribution in [3.05, 3.63) is 48.6 Å². The van der Waals surface area contributed by atoms with Crippen molar-refractivity contribution in [1.29, 1.82) is 0 Å². The van der Waals surface area contributed by atoms with Gasteiger partial charge >= 0.3 is 17.9 Å². The van der Waals surface area contributed by atoms with E-state index in [2.05, 4.69) is 63.3 Å². The zero-order chi connectivity index (χ0) is 46.5. The molecule has 0 aromatic rings. The lowest BCUT2D eigenvalue weighted by Crippen LogP contribution is -2.30. The van der Waals surface area contributed by atoms with Gasteiger partial charge in [0, 0.05) is 19.3 Å². The molecule has 1 unspecified atom stereocenters. The maximum Gasteiger partial charge on any atom is 0.306 e. The van der Waals surface area contributed by atoms with Gasteiger partial charge in [-0.15, -0.1) is 0 Å². The van der Waals surface area contributed by atoms with E-state index in [1.54, 1.807) is 0 Å². The third-order valence-electron chi connectivity index (χ3n) is 12.1. The van der Waals surface area contributed by atoms with Crippen molar-refractivity contribution in [3.63, 3.8) is 0 Å². The minimum atomic E-state index is -0.797. The Bertz CT molecular complexity index is 1120. The van der Waals surface area contributed by atoms with E-state index in [1.165, 1.54) is 173 Å². The molecule has 0 bridgehead atoms. The summed E-state index contributed by atoms with van der Waals surface area (Å²) in [6.45, 7) is 6.49. The Labute approximate surface area is 397 Å². The highest BCUT2D eigenvalue weighted by molar-refractivity contribution is 5.71. The van der Waals surface area contributed by atoms with Crippen LogP contribution in [0.1, 0.15) is 284 Å². The summed E-state index contributed by atoms with van der Waals surface area (Å²) >= 11 is 0. The Morgan fingerprint density at radius 3 is 0.953 bits per heavy atom. The molecular weight excluding hydrogens is 793 g/mol. The fourth-order valence-corrected chi connectivity index (χ4v) is 7.99. The van der Waals surface area contributed by atoms with E-state index in [0.29, 0.717) is 19.3 Å². The number of unbranched alkanes of at least 4 members (excludes halogenated alkanes) is 31. The van der Waals surface area contributed by atoms with Gasteiger partial charge in [0.15, 0.2) is 6.10 Å². The fraction of sp³-hybridized carbons (Fsp3) is 0.810. The second-order valence-electron chi connectivity index (χ2n) is 18.5. The number of rotatable bonds is 50. The van der Waals surface area contributed by atoms with Crippen LogP contribution in [0.15, 0.2) is 48.6 Å². The lowest BCUT2D eigenvalue weighted by atomic mass is 10.0. The first-order valence-corrected chi connectivity index (χ1v) is 27.6. The average molecular weight is 897 g/mol. The molecule has 0 aromatic heterocycles. The molecule has 0 fully saturated rings. The Hall–Kier alpha value is -2.63. The molecule has 0 N–H and O–H groups in total. The van der Waals surface area contributed by atoms with Crippen molar-refractivity contribution < 1.29 is 28.6 Å². The lowest BCUT2D eigenvalue weighted by Gasteiger charge is -2.18. The number of esters is 3. The maximum absolute atomic E-state index is 12.8. The summed E-state index contributed by atoms with van der Waals surface area (Å²) in [5, 5.41) is 0. The van der Waals surface area contributed by atoms with Gasteiger partial charge < -0.3 is 14.2 Å². The van der Waals surface area contributed by atoms with Crippen molar-refractivity contribution >= 4 is 17.9 Å². The van der Waals surface area contributed by atoms with Crippen molar-refractivity contribution in [1.82, 2.24) is 0 Å². The molecule has 0 aliphatic carbocycles. The first-order chi connectivity index (χ1) is 31.5. The molecule has 6 nitrogen and oxygen atoms in total. The molecule has 0 aromatic carbocycles. The van der Waals surface area contributed by atoms with Gasteiger partial charge in [0.1, 0.15) is 13.2 Å². The SMILES string of the molecule is CC/C=C\C/C=C\C/C=C\C/C=C\CCC(=O)OCC(COC(=O)CCCCCCCCCCCCCCCCCCCCC)OC(=O)CCCCCCCCCCCCCCCC. The Morgan fingerprint density at radius 2 is 0.609 bits per heavy atom. The Morgan fingerprint density at radius 1 is 0.328 bits per heavy atom. The number of allylic oxidation sites excluding steroid dienone is 8. The topological polar surface area (TPSA) is 78.9 Å². The van der Waals surface area contributed by atoms with E-state index in [9.17, 15) is 14.4 Å². The number of carbonyl (C=O) groups is 3. The average Bonchev–Trinajstić information content (AvgIpc) is 3.29. The standard InChI is InChI=1S/C58H104O6/c1-4-7-10-13-16-19-22-25-27-28-29-30-31-34-36-39-42-45-48-51-57(60)63-54-55(53-62-56(59)50-47-44-41-38-35-32-24-21-18-15-12-9-6-3)64-58(61)52-49-46-43-40-37-33-26-23-20-17-14-11-8-5-2/h9,12,18,21,32,35,41,44,55H,4-8,10-11,13-17,19-20,22-31,33-34,36-40,42-43,45-54H2,1-3H3/b12-9-,21-18-,35-32-,44-41-. The zero-order valence-corrected chi connectivity index (χ0v) is 42.6. The number of ether oxygens (including phenoxy) is 3. The summed E-state index contributed by atoms with van der Waals surface area (Å²) in [5.41, 5.74) is 0. The molecule has 372 valence electrons. The van der Waals surface area contributed by atoms with E-state index < -0.39 is 6.10 Å². The van der Waals surface area contributed by atoms with E-state index in [1.807, 2.05) is 6.08 Å². The van der Waals surface area contributed by atoms with E-state index in [0.717, 1.165) is 64.2 Å². The minimum absolute atomic E-state index is 0.0907. The molecule has 0 radical (unpaired) electrons. The molecule has 0 rings (SSSR count).